The van der Waals surface area contributed by atoms with Crippen LogP contribution in [0.25, 0.3) is 0 Å². The number of aryl methyl sites for hydroxylation is 1. The number of halogens is 1. The van der Waals surface area contributed by atoms with Gasteiger partial charge < -0.3 is 10.6 Å². The molecular weight excluding hydrogens is 374 g/mol. The zero-order valence-electron chi connectivity index (χ0n) is 14.3. The minimum Gasteiger partial charge on any atom is -0.321 e. The number of anilines is 1. The number of carbonyl (C=O) groups is 1. The SMILES string of the molecule is Cc1ccc(NC(=O)N[C@H]2CCCN2S(=O)(=O)c2ccc(Cl)cc2)cc1. The summed E-state index contributed by atoms with van der Waals surface area (Å²) in [6.07, 6.45) is 0.664. The average Bonchev–Trinajstić information content (AvgIpc) is 3.06. The summed E-state index contributed by atoms with van der Waals surface area (Å²) in [6, 6.07) is 13.0. The lowest BCUT2D eigenvalue weighted by Crippen LogP contribution is -2.48. The number of carbonyl (C=O) groups excluding carboxylic acids is 1. The molecule has 2 amide bonds. The van der Waals surface area contributed by atoms with E-state index in [1.165, 1.54) is 28.6 Å². The quantitative estimate of drug-likeness (QED) is 0.833. The zero-order chi connectivity index (χ0) is 18.7. The Morgan fingerprint density at radius 3 is 2.42 bits per heavy atom. The highest BCUT2D eigenvalue weighted by Crippen LogP contribution is 2.25. The zero-order valence-corrected chi connectivity index (χ0v) is 15.8. The van der Waals surface area contributed by atoms with Gasteiger partial charge >= 0.3 is 6.03 Å². The maximum absolute atomic E-state index is 12.8. The first-order chi connectivity index (χ1) is 12.4. The largest absolute Gasteiger partial charge is 0.321 e. The van der Waals surface area contributed by atoms with E-state index >= 15 is 0 Å². The van der Waals surface area contributed by atoms with Gasteiger partial charge in [-0.25, -0.2) is 13.2 Å². The number of nitrogens with one attached hydrogen (secondary N) is 2. The monoisotopic (exact) mass is 393 g/mol. The fourth-order valence-corrected chi connectivity index (χ4v) is 4.61. The van der Waals surface area contributed by atoms with Crippen LogP contribution in [-0.4, -0.2) is 31.5 Å². The van der Waals surface area contributed by atoms with Gasteiger partial charge in [-0.1, -0.05) is 29.3 Å². The topological polar surface area (TPSA) is 78.5 Å². The van der Waals surface area contributed by atoms with E-state index in [4.69, 9.17) is 11.6 Å². The Morgan fingerprint density at radius 2 is 1.77 bits per heavy atom. The van der Waals surface area contributed by atoms with Gasteiger partial charge in [-0.2, -0.15) is 4.31 Å². The highest BCUT2D eigenvalue weighted by molar-refractivity contribution is 7.89. The Balaban J connectivity index is 1.70. The molecule has 1 saturated heterocycles. The molecule has 2 aromatic carbocycles. The molecule has 0 bridgehead atoms. The van der Waals surface area contributed by atoms with Crippen LogP contribution in [0.4, 0.5) is 10.5 Å². The Bertz CT molecular complexity index is 883. The molecule has 2 aromatic rings. The molecule has 0 saturated carbocycles. The Hall–Kier alpha value is -2.09. The summed E-state index contributed by atoms with van der Waals surface area (Å²) in [5.41, 5.74) is 1.74. The molecule has 0 radical (unpaired) electrons. The molecule has 1 aliphatic rings. The van der Waals surface area contributed by atoms with E-state index in [0.717, 1.165) is 5.56 Å². The lowest BCUT2D eigenvalue weighted by Gasteiger charge is -2.25. The summed E-state index contributed by atoms with van der Waals surface area (Å²) in [4.78, 5) is 12.4. The molecule has 0 aliphatic carbocycles. The van der Waals surface area contributed by atoms with Gasteiger partial charge in [0.05, 0.1) is 11.1 Å². The normalized spacial score (nSPS) is 17.8. The Kier molecular flexibility index (Phi) is 5.50. The molecule has 1 aliphatic heterocycles. The summed E-state index contributed by atoms with van der Waals surface area (Å²) >= 11 is 5.83. The van der Waals surface area contributed by atoms with Crippen LogP contribution in [0, 0.1) is 6.92 Å². The molecule has 26 heavy (non-hydrogen) atoms. The molecule has 1 fully saturated rings. The van der Waals surface area contributed by atoms with Gasteiger partial charge in [-0.15, -0.1) is 0 Å². The number of urea groups is 1. The number of hydrogen-bond donors (Lipinski definition) is 2. The molecule has 0 spiro atoms. The van der Waals surface area contributed by atoms with Crippen LogP contribution < -0.4 is 10.6 Å². The van der Waals surface area contributed by atoms with Crippen LogP contribution in [0.5, 0.6) is 0 Å². The predicted octanol–water partition coefficient (Wildman–Crippen LogP) is 3.58. The van der Waals surface area contributed by atoms with Crippen molar-refractivity contribution in [2.45, 2.75) is 30.8 Å². The van der Waals surface area contributed by atoms with E-state index in [1.54, 1.807) is 12.1 Å². The molecule has 3 rings (SSSR count). The van der Waals surface area contributed by atoms with Crippen LogP contribution in [0.15, 0.2) is 53.4 Å². The number of nitrogens with zero attached hydrogens (tertiary/aromatic N) is 1. The van der Waals surface area contributed by atoms with Crippen molar-refractivity contribution < 1.29 is 13.2 Å². The van der Waals surface area contributed by atoms with Crippen molar-refractivity contribution in [2.24, 2.45) is 0 Å². The summed E-state index contributed by atoms with van der Waals surface area (Å²) in [5.74, 6) is 0. The highest BCUT2D eigenvalue weighted by atomic mass is 35.5. The third kappa shape index (κ3) is 4.17. The second-order valence-electron chi connectivity index (χ2n) is 6.19. The number of benzene rings is 2. The summed E-state index contributed by atoms with van der Waals surface area (Å²) < 4.78 is 27.0. The number of amides is 2. The third-order valence-corrected chi connectivity index (χ3v) is 6.41. The van der Waals surface area contributed by atoms with E-state index < -0.39 is 22.2 Å². The second-order valence-corrected chi connectivity index (χ2v) is 8.52. The first-order valence-corrected chi connectivity index (χ1v) is 10.1. The molecule has 138 valence electrons. The standard InChI is InChI=1S/C18H20ClN3O3S/c1-13-4-8-15(9-5-13)20-18(23)21-17-3-2-12-22(17)26(24,25)16-10-6-14(19)7-11-16/h4-11,17H,2-3,12H2,1H3,(H2,20,21,23)/t17-/m1/s1. The summed E-state index contributed by atoms with van der Waals surface area (Å²) in [7, 11) is -3.70. The molecule has 0 aromatic heterocycles. The van der Waals surface area contributed by atoms with Gasteiger partial charge in [0.1, 0.15) is 0 Å². The minimum absolute atomic E-state index is 0.162. The van der Waals surface area contributed by atoms with Gasteiger partial charge in [0.15, 0.2) is 0 Å². The first-order valence-electron chi connectivity index (χ1n) is 8.28. The number of rotatable bonds is 4. The second kappa shape index (κ2) is 7.65. The lowest BCUT2D eigenvalue weighted by molar-refractivity contribution is 0.240. The van der Waals surface area contributed by atoms with E-state index in [2.05, 4.69) is 10.6 Å². The van der Waals surface area contributed by atoms with Crippen LogP contribution in [0.1, 0.15) is 18.4 Å². The Morgan fingerprint density at radius 1 is 1.12 bits per heavy atom. The van der Waals surface area contributed by atoms with Gasteiger partial charge in [-0.3, -0.25) is 0 Å². The molecule has 2 N–H and O–H groups in total. The van der Waals surface area contributed by atoms with Crippen LogP contribution in [0.2, 0.25) is 5.02 Å². The molecular formula is C18H20ClN3O3S. The third-order valence-electron chi connectivity index (χ3n) is 4.23. The van der Waals surface area contributed by atoms with E-state index in [-0.39, 0.29) is 4.90 Å². The fraction of sp³-hybridized carbons (Fsp3) is 0.278. The lowest BCUT2D eigenvalue weighted by atomic mass is 10.2. The van der Waals surface area contributed by atoms with Crippen molar-refractivity contribution in [1.29, 1.82) is 0 Å². The van der Waals surface area contributed by atoms with Crippen molar-refractivity contribution in [3.63, 3.8) is 0 Å². The highest BCUT2D eigenvalue weighted by Gasteiger charge is 2.36. The maximum atomic E-state index is 12.8. The van der Waals surface area contributed by atoms with E-state index in [0.29, 0.717) is 30.1 Å². The summed E-state index contributed by atoms with van der Waals surface area (Å²) in [6.45, 7) is 2.32. The van der Waals surface area contributed by atoms with Gasteiger partial charge in [0.2, 0.25) is 10.0 Å². The number of sulfonamides is 1. The smallest absolute Gasteiger partial charge is 0.320 e. The summed E-state index contributed by atoms with van der Waals surface area (Å²) in [5, 5.41) is 5.95. The van der Waals surface area contributed by atoms with E-state index in [9.17, 15) is 13.2 Å². The molecule has 1 heterocycles. The van der Waals surface area contributed by atoms with Gasteiger partial charge in [0, 0.05) is 17.3 Å². The molecule has 6 nitrogen and oxygen atoms in total. The average molecular weight is 394 g/mol. The minimum atomic E-state index is -3.70. The molecule has 1 atom stereocenters. The van der Waals surface area contributed by atoms with Gasteiger partial charge in [0.25, 0.3) is 0 Å². The first kappa shape index (κ1) is 18.7. The molecule has 0 unspecified atom stereocenters. The Labute approximate surface area is 158 Å². The van der Waals surface area contributed by atoms with Gasteiger partial charge in [-0.05, 0) is 56.2 Å². The van der Waals surface area contributed by atoms with Crippen molar-refractivity contribution in [1.82, 2.24) is 9.62 Å². The van der Waals surface area contributed by atoms with Crippen molar-refractivity contribution in [3.8, 4) is 0 Å². The van der Waals surface area contributed by atoms with Crippen molar-refractivity contribution in [3.05, 3.63) is 59.1 Å². The van der Waals surface area contributed by atoms with Crippen LogP contribution in [-0.2, 0) is 10.0 Å². The number of hydrogen-bond acceptors (Lipinski definition) is 3. The predicted molar refractivity (Wildman–Crippen MR) is 102 cm³/mol. The fourth-order valence-electron chi connectivity index (χ4n) is 2.87. The van der Waals surface area contributed by atoms with E-state index in [1.807, 2.05) is 19.1 Å². The van der Waals surface area contributed by atoms with Crippen molar-refractivity contribution in [2.75, 3.05) is 11.9 Å². The van der Waals surface area contributed by atoms with Crippen LogP contribution in [0.3, 0.4) is 0 Å². The maximum Gasteiger partial charge on any atom is 0.320 e. The molecule has 8 heteroatoms. The van der Waals surface area contributed by atoms with Crippen LogP contribution >= 0.6 is 11.6 Å². The van der Waals surface area contributed by atoms with Crippen molar-refractivity contribution >= 4 is 33.3 Å².